The molecular formula is C13H18ClN3O. The average Bonchev–Trinajstić information content (AvgIpc) is 2.33. The first kappa shape index (κ1) is 13.3. The Balaban J connectivity index is 1.88. The molecule has 2 N–H and O–H groups in total. The number of piperazine rings is 1. The molecule has 0 saturated carbocycles. The van der Waals surface area contributed by atoms with Gasteiger partial charge in [-0.1, -0.05) is 30.3 Å². The van der Waals surface area contributed by atoms with Gasteiger partial charge in [-0.3, -0.25) is 14.6 Å². The monoisotopic (exact) mass is 267 g/mol. The van der Waals surface area contributed by atoms with Crippen LogP contribution in [0.15, 0.2) is 30.3 Å². The zero-order valence-electron chi connectivity index (χ0n) is 10.3. The van der Waals surface area contributed by atoms with Crippen molar-refractivity contribution in [2.45, 2.75) is 12.0 Å². The summed E-state index contributed by atoms with van der Waals surface area (Å²) in [6, 6.07) is 10.3. The molecule has 1 aromatic rings. The number of rotatable bonds is 4. The van der Waals surface area contributed by atoms with E-state index in [1.165, 1.54) is 5.56 Å². The van der Waals surface area contributed by atoms with Crippen LogP contribution in [-0.4, -0.2) is 47.4 Å². The summed E-state index contributed by atoms with van der Waals surface area (Å²) in [4.78, 5) is 15.1. The van der Waals surface area contributed by atoms with Crippen molar-refractivity contribution in [3.63, 3.8) is 0 Å². The predicted octanol–water partition coefficient (Wildman–Crippen LogP) is 0.854. The minimum atomic E-state index is -0.296. The second-order valence-corrected chi connectivity index (χ2v) is 5.10. The number of carbonyl (C=O) groups excluding carboxylic acids is 1. The van der Waals surface area contributed by atoms with Crippen LogP contribution in [0.1, 0.15) is 5.56 Å². The van der Waals surface area contributed by atoms with Crippen molar-refractivity contribution in [3.05, 3.63) is 35.9 Å². The molecule has 2 rings (SSSR count). The summed E-state index contributed by atoms with van der Waals surface area (Å²) in [6.45, 7) is 3.51. The Labute approximate surface area is 112 Å². The minimum absolute atomic E-state index is 0.0710. The van der Waals surface area contributed by atoms with Crippen LogP contribution in [0.25, 0.3) is 0 Å². The lowest BCUT2D eigenvalue weighted by Gasteiger charge is -2.37. The van der Waals surface area contributed by atoms with Crippen molar-refractivity contribution in [1.29, 1.82) is 0 Å². The van der Waals surface area contributed by atoms with E-state index in [9.17, 15) is 4.79 Å². The van der Waals surface area contributed by atoms with Crippen LogP contribution in [0.4, 0.5) is 0 Å². The van der Waals surface area contributed by atoms with Crippen molar-refractivity contribution in [3.8, 4) is 0 Å². The van der Waals surface area contributed by atoms with Gasteiger partial charge in [0.15, 0.2) is 0 Å². The number of primary amides is 1. The first-order valence-electron chi connectivity index (χ1n) is 6.08. The summed E-state index contributed by atoms with van der Waals surface area (Å²) in [6.07, 6.45) is 0. The maximum Gasteiger partial charge on any atom is 0.231 e. The molecule has 1 fully saturated rings. The van der Waals surface area contributed by atoms with Gasteiger partial charge < -0.3 is 5.73 Å². The first-order chi connectivity index (χ1) is 8.65. The van der Waals surface area contributed by atoms with Crippen molar-refractivity contribution in [2.75, 3.05) is 26.2 Å². The fourth-order valence-corrected chi connectivity index (χ4v) is 2.55. The standard InChI is InChI=1S/C13H18ClN3O/c14-12-9-16(10-13(15)18)6-7-17(12)8-11-4-2-1-3-5-11/h1-5,12H,6-10H2,(H2,15,18). The predicted molar refractivity (Wildman–Crippen MR) is 72.1 cm³/mol. The van der Waals surface area contributed by atoms with Crippen molar-refractivity contribution in [1.82, 2.24) is 9.80 Å². The smallest absolute Gasteiger partial charge is 0.231 e. The minimum Gasteiger partial charge on any atom is -0.369 e. The van der Waals surface area contributed by atoms with E-state index in [1.54, 1.807) is 0 Å². The highest BCUT2D eigenvalue weighted by Gasteiger charge is 2.25. The van der Waals surface area contributed by atoms with Crippen LogP contribution >= 0.6 is 11.6 Å². The van der Waals surface area contributed by atoms with Gasteiger partial charge in [0.2, 0.25) is 5.91 Å². The highest BCUT2D eigenvalue weighted by Crippen LogP contribution is 2.16. The lowest BCUT2D eigenvalue weighted by atomic mass is 10.2. The molecule has 98 valence electrons. The van der Waals surface area contributed by atoms with E-state index >= 15 is 0 Å². The second kappa shape index (κ2) is 6.18. The molecule has 1 saturated heterocycles. The maximum absolute atomic E-state index is 10.9. The molecular weight excluding hydrogens is 250 g/mol. The Morgan fingerprint density at radius 1 is 1.33 bits per heavy atom. The SMILES string of the molecule is NC(=O)CN1CCN(Cc2ccccc2)C(Cl)C1. The first-order valence-corrected chi connectivity index (χ1v) is 6.51. The van der Waals surface area contributed by atoms with Crippen molar-refractivity contribution < 1.29 is 4.79 Å². The molecule has 1 aliphatic rings. The summed E-state index contributed by atoms with van der Waals surface area (Å²) < 4.78 is 0. The number of benzene rings is 1. The molecule has 0 spiro atoms. The van der Waals surface area contributed by atoms with E-state index in [-0.39, 0.29) is 11.4 Å². The number of nitrogens with two attached hydrogens (primary N) is 1. The number of alkyl halides is 1. The van der Waals surface area contributed by atoms with E-state index < -0.39 is 0 Å². The number of carbonyl (C=O) groups is 1. The molecule has 1 atom stereocenters. The van der Waals surface area contributed by atoms with Crippen molar-refractivity contribution >= 4 is 17.5 Å². The largest absolute Gasteiger partial charge is 0.369 e. The van der Waals surface area contributed by atoms with Crippen LogP contribution < -0.4 is 5.73 Å². The normalized spacial score (nSPS) is 21.9. The topological polar surface area (TPSA) is 49.6 Å². The molecule has 1 unspecified atom stereocenters. The molecule has 5 heteroatoms. The summed E-state index contributed by atoms with van der Waals surface area (Å²) in [5.41, 5.74) is 6.37. The zero-order chi connectivity index (χ0) is 13.0. The van der Waals surface area contributed by atoms with Gasteiger partial charge in [0, 0.05) is 26.2 Å². The highest BCUT2D eigenvalue weighted by molar-refractivity contribution is 6.20. The lowest BCUT2D eigenvalue weighted by molar-refractivity contribution is -0.119. The third kappa shape index (κ3) is 3.70. The number of nitrogens with zero attached hydrogens (tertiary/aromatic N) is 2. The maximum atomic E-state index is 10.9. The summed E-state index contributed by atoms with van der Waals surface area (Å²) >= 11 is 6.34. The average molecular weight is 268 g/mol. The van der Waals surface area contributed by atoms with Gasteiger partial charge in [0.1, 0.15) is 0 Å². The summed E-state index contributed by atoms with van der Waals surface area (Å²) in [5, 5.41) is 0. The van der Waals surface area contributed by atoms with Gasteiger partial charge >= 0.3 is 0 Å². The quantitative estimate of drug-likeness (QED) is 0.650. The van der Waals surface area contributed by atoms with Crippen LogP contribution in [0, 0.1) is 0 Å². The van der Waals surface area contributed by atoms with Gasteiger partial charge in [0.05, 0.1) is 12.0 Å². The van der Waals surface area contributed by atoms with E-state index in [1.807, 2.05) is 23.1 Å². The Bertz CT molecular complexity index is 398. The van der Waals surface area contributed by atoms with Crippen LogP contribution in [0.3, 0.4) is 0 Å². The van der Waals surface area contributed by atoms with Gasteiger partial charge in [-0.05, 0) is 5.56 Å². The summed E-state index contributed by atoms with van der Waals surface area (Å²) in [7, 11) is 0. The lowest BCUT2D eigenvalue weighted by Crippen LogP contribution is -2.52. The van der Waals surface area contributed by atoms with E-state index in [0.717, 1.165) is 19.6 Å². The third-order valence-corrected chi connectivity index (χ3v) is 3.53. The molecule has 1 heterocycles. The van der Waals surface area contributed by atoms with Crippen LogP contribution in [-0.2, 0) is 11.3 Å². The van der Waals surface area contributed by atoms with E-state index in [4.69, 9.17) is 17.3 Å². The molecule has 1 aromatic carbocycles. The van der Waals surface area contributed by atoms with Gasteiger partial charge in [-0.15, -0.1) is 11.6 Å². The third-order valence-electron chi connectivity index (χ3n) is 3.12. The van der Waals surface area contributed by atoms with Gasteiger partial charge in [0.25, 0.3) is 0 Å². The Morgan fingerprint density at radius 2 is 2.06 bits per heavy atom. The molecule has 18 heavy (non-hydrogen) atoms. The van der Waals surface area contributed by atoms with Gasteiger partial charge in [-0.25, -0.2) is 0 Å². The number of hydrogen-bond acceptors (Lipinski definition) is 3. The van der Waals surface area contributed by atoms with Crippen LogP contribution in [0.2, 0.25) is 0 Å². The Kier molecular flexibility index (Phi) is 4.58. The van der Waals surface area contributed by atoms with E-state index in [0.29, 0.717) is 13.1 Å². The number of hydrogen-bond donors (Lipinski definition) is 1. The molecule has 0 aliphatic carbocycles. The molecule has 4 nitrogen and oxygen atoms in total. The summed E-state index contributed by atoms with van der Waals surface area (Å²) in [5.74, 6) is -0.296. The molecule has 0 aromatic heterocycles. The number of halogens is 1. The van der Waals surface area contributed by atoms with E-state index in [2.05, 4.69) is 17.0 Å². The van der Waals surface area contributed by atoms with Gasteiger partial charge in [-0.2, -0.15) is 0 Å². The highest BCUT2D eigenvalue weighted by atomic mass is 35.5. The zero-order valence-corrected chi connectivity index (χ0v) is 11.0. The van der Waals surface area contributed by atoms with Crippen molar-refractivity contribution in [2.24, 2.45) is 5.73 Å². The fraction of sp³-hybridized carbons (Fsp3) is 0.462. The molecule has 1 aliphatic heterocycles. The molecule has 0 bridgehead atoms. The fourth-order valence-electron chi connectivity index (χ4n) is 2.19. The van der Waals surface area contributed by atoms with Crippen LogP contribution in [0.5, 0.6) is 0 Å². The molecule has 1 amide bonds. The molecule has 0 radical (unpaired) electrons. The Morgan fingerprint density at radius 3 is 2.67 bits per heavy atom. The number of amides is 1. The second-order valence-electron chi connectivity index (χ2n) is 4.59. The Hall–Kier alpha value is -1.10.